The third-order valence-corrected chi connectivity index (χ3v) is 3.69. The summed E-state index contributed by atoms with van der Waals surface area (Å²) in [5.41, 5.74) is 1.34. The topological polar surface area (TPSA) is 43.4 Å². The molecule has 0 aromatic heterocycles. The van der Waals surface area contributed by atoms with Gasteiger partial charge in [-0.25, -0.2) is 0 Å². The number of aldehydes is 1. The van der Waals surface area contributed by atoms with Gasteiger partial charge in [0.1, 0.15) is 6.29 Å². The summed E-state index contributed by atoms with van der Waals surface area (Å²) < 4.78 is 4.73. The maximum atomic E-state index is 11.4. The van der Waals surface area contributed by atoms with E-state index in [1.165, 1.54) is 12.7 Å². The third-order valence-electron chi connectivity index (χ3n) is 3.69. The van der Waals surface area contributed by atoms with Crippen molar-refractivity contribution in [2.24, 2.45) is 17.3 Å². The Bertz CT molecular complexity index is 328. The van der Waals surface area contributed by atoms with Crippen molar-refractivity contribution < 1.29 is 14.3 Å². The number of hydrogen-bond donors (Lipinski definition) is 0. The Morgan fingerprint density at radius 3 is 2.82 bits per heavy atom. The number of esters is 1. The van der Waals surface area contributed by atoms with Crippen LogP contribution in [0.4, 0.5) is 0 Å². The number of allylic oxidation sites excluding steroid dienone is 2. The molecule has 17 heavy (non-hydrogen) atoms. The molecule has 0 heterocycles. The zero-order valence-electron chi connectivity index (χ0n) is 11.2. The average Bonchev–Trinajstić information content (AvgIpc) is 2.52. The minimum atomic E-state index is -0.164. The molecule has 0 aliphatic heterocycles. The summed E-state index contributed by atoms with van der Waals surface area (Å²) in [4.78, 5) is 22.0. The largest absolute Gasteiger partial charge is 0.469 e. The second-order valence-electron chi connectivity index (χ2n) is 5.56. The van der Waals surface area contributed by atoms with E-state index in [1.807, 2.05) is 6.92 Å². The molecule has 2 atom stereocenters. The SMILES string of the molecule is COC(=O)C(C)CC1=CC(C)(C)[C@@H](CC=O)C1. The van der Waals surface area contributed by atoms with Crippen LogP contribution in [-0.2, 0) is 14.3 Å². The molecule has 1 unspecified atom stereocenters. The van der Waals surface area contributed by atoms with E-state index >= 15 is 0 Å². The van der Waals surface area contributed by atoms with Crippen LogP contribution in [0, 0.1) is 17.3 Å². The fourth-order valence-electron chi connectivity index (χ4n) is 2.61. The number of methoxy groups -OCH3 is 1. The number of carbonyl (C=O) groups is 2. The Kier molecular flexibility index (Phi) is 4.49. The maximum absolute atomic E-state index is 11.4. The Morgan fingerprint density at radius 2 is 2.29 bits per heavy atom. The Labute approximate surface area is 103 Å². The van der Waals surface area contributed by atoms with Crippen molar-refractivity contribution in [3.8, 4) is 0 Å². The molecular weight excluding hydrogens is 216 g/mol. The summed E-state index contributed by atoms with van der Waals surface area (Å²) in [6.45, 7) is 6.18. The molecule has 3 nitrogen and oxygen atoms in total. The summed E-state index contributed by atoms with van der Waals surface area (Å²) in [5, 5.41) is 0. The zero-order chi connectivity index (χ0) is 13.1. The molecule has 1 rings (SSSR count). The highest BCUT2D eigenvalue weighted by Gasteiger charge is 2.34. The minimum Gasteiger partial charge on any atom is -0.469 e. The highest BCUT2D eigenvalue weighted by Crippen LogP contribution is 2.44. The van der Waals surface area contributed by atoms with Gasteiger partial charge in [-0.05, 0) is 24.2 Å². The zero-order valence-corrected chi connectivity index (χ0v) is 11.2. The van der Waals surface area contributed by atoms with Crippen molar-refractivity contribution in [2.75, 3.05) is 7.11 Å². The Hall–Kier alpha value is -1.12. The van der Waals surface area contributed by atoms with Crippen LogP contribution in [0.1, 0.15) is 40.0 Å². The molecule has 3 heteroatoms. The molecule has 0 saturated heterocycles. The van der Waals surface area contributed by atoms with Crippen LogP contribution in [0.25, 0.3) is 0 Å². The molecule has 1 aliphatic carbocycles. The van der Waals surface area contributed by atoms with Crippen molar-refractivity contribution in [3.63, 3.8) is 0 Å². The van der Waals surface area contributed by atoms with Gasteiger partial charge in [-0.1, -0.05) is 32.4 Å². The summed E-state index contributed by atoms with van der Waals surface area (Å²) in [6.07, 6.45) is 5.48. The highest BCUT2D eigenvalue weighted by molar-refractivity contribution is 5.72. The number of carbonyl (C=O) groups excluding carboxylic acids is 2. The van der Waals surface area contributed by atoms with Gasteiger partial charge in [-0.2, -0.15) is 0 Å². The molecule has 0 fully saturated rings. The average molecular weight is 238 g/mol. The van der Waals surface area contributed by atoms with Gasteiger partial charge in [0.15, 0.2) is 0 Å². The van der Waals surface area contributed by atoms with Gasteiger partial charge in [0.2, 0.25) is 0 Å². The normalized spacial score (nSPS) is 24.0. The second kappa shape index (κ2) is 5.48. The van der Waals surface area contributed by atoms with Crippen LogP contribution in [0.5, 0.6) is 0 Å². The van der Waals surface area contributed by atoms with Gasteiger partial charge in [0.05, 0.1) is 13.0 Å². The Balaban J connectivity index is 2.63. The summed E-state index contributed by atoms with van der Waals surface area (Å²) in [6, 6.07) is 0. The lowest BCUT2D eigenvalue weighted by Crippen LogP contribution is -2.17. The first-order chi connectivity index (χ1) is 7.90. The fraction of sp³-hybridized carbons (Fsp3) is 0.714. The lowest BCUT2D eigenvalue weighted by molar-refractivity contribution is -0.144. The lowest BCUT2D eigenvalue weighted by Gasteiger charge is -2.23. The van der Waals surface area contributed by atoms with E-state index in [0.717, 1.165) is 19.1 Å². The van der Waals surface area contributed by atoms with E-state index in [-0.39, 0.29) is 17.3 Å². The summed E-state index contributed by atoms with van der Waals surface area (Å²) in [7, 11) is 1.42. The highest BCUT2D eigenvalue weighted by atomic mass is 16.5. The Morgan fingerprint density at radius 1 is 1.65 bits per heavy atom. The van der Waals surface area contributed by atoms with Gasteiger partial charge >= 0.3 is 5.97 Å². The molecule has 0 amide bonds. The molecule has 0 spiro atoms. The molecular formula is C14H22O3. The number of rotatable bonds is 5. The van der Waals surface area contributed by atoms with E-state index in [9.17, 15) is 9.59 Å². The van der Waals surface area contributed by atoms with Crippen LogP contribution < -0.4 is 0 Å². The monoisotopic (exact) mass is 238 g/mol. The number of hydrogen-bond acceptors (Lipinski definition) is 3. The van der Waals surface area contributed by atoms with E-state index in [1.54, 1.807) is 0 Å². The van der Waals surface area contributed by atoms with Gasteiger partial charge in [-0.3, -0.25) is 4.79 Å². The van der Waals surface area contributed by atoms with Crippen molar-refractivity contribution in [1.82, 2.24) is 0 Å². The van der Waals surface area contributed by atoms with Crippen LogP contribution >= 0.6 is 0 Å². The van der Waals surface area contributed by atoms with Gasteiger partial charge in [0, 0.05) is 6.42 Å². The van der Waals surface area contributed by atoms with Crippen molar-refractivity contribution in [3.05, 3.63) is 11.6 Å². The van der Waals surface area contributed by atoms with Crippen molar-refractivity contribution in [2.45, 2.75) is 40.0 Å². The van der Waals surface area contributed by atoms with Crippen LogP contribution in [-0.4, -0.2) is 19.4 Å². The fourth-order valence-corrected chi connectivity index (χ4v) is 2.61. The van der Waals surface area contributed by atoms with E-state index in [0.29, 0.717) is 12.3 Å². The molecule has 1 aliphatic rings. The number of ether oxygens (including phenoxy) is 1. The molecule has 0 aromatic rings. The van der Waals surface area contributed by atoms with E-state index < -0.39 is 0 Å². The van der Waals surface area contributed by atoms with Crippen LogP contribution in [0.15, 0.2) is 11.6 Å². The van der Waals surface area contributed by atoms with Crippen LogP contribution in [0.3, 0.4) is 0 Å². The minimum absolute atomic E-state index is 0.0616. The lowest BCUT2D eigenvalue weighted by atomic mass is 9.80. The predicted octanol–water partition coefficient (Wildman–Crippen LogP) is 2.75. The van der Waals surface area contributed by atoms with E-state index in [4.69, 9.17) is 4.74 Å². The van der Waals surface area contributed by atoms with Crippen LogP contribution in [0.2, 0.25) is 0 Å². The van der Waals surface area contributed by atoms with Crippen molar-refractivity contribution >= 4 is 12.3 Å². The summed E-state index contributed by atoms with van der Waals surface area (Å²) in [5.74, 6) is 0.111. The quantitative estimate of drug-likeness (QED) is 0.420. The first-order valence-corrected chi connectivity index (χ1v) is 6.12. The molecule has 0 bridgehead atoms. The van der Waals surface area contributed by atoms with Gasteiger partial charge in [0.25, 0.3) is 0 Å². The molecule has 0 radical (unpaired) electrons. The molecule has 0 aromatic carbocycles. The van der Waals surface area contributed by atoms with E-state index in [2.05, 4.69) is 19.9 Å². The summed E-state index contributed by atoms with van der Waals surface area (Å²) >= 11 is 0. The first-order valence-electron chi connectivity index (χ1n) is 6.12. The third kappa shape index (κ3) is 3.42. The smallest absolute Gasteiger partial charge is 0.308 e. The van der Waals surface area contributed by atoms with Gasteiger partial charge in [-0.15, -0.1) is 0 Å². The van der Waals surface area contributed by atoms with Crippen molar-refractivity contribution in [1.29, 1.82) is 0 Å². The molecule has 0 saturated carbocycles. The standard InChI is InChI=1S/C14H22O3/c1-10(13(16)17-4)7-11-8-12(5-6-15)14(2,3)9-11/h6,9-10,12H,5,7-8H2,1-4H3/t10?,12-/m0/s1. The molecule has 0 N–H and O–H groups in total. The molecule has 96 valence electrons. The first kappa shape index (κ1) is 13.9. The predicted molar refractivity (Wildman–Crippen MR) is 66.4 cm³/mol. The maximum Gasteiger partial charge on any atom is 0.308 e. The van der Waals surface area contributed by atoms with Gasteiger partial charge < -0.3 is 9.53 Å². The second-order valence-corrected chi connectivity index (χ2v) is 5.56.